The van der Waals surface area contributed by atoms with Crippen LogP contribution in [-0.4, -0.2) is 16.3 Å². The number of rotatable bonds is 10. The van der Waals surface area contributed by atoms with Gasteiger partial charge in [-0.15, -0.1) is 0 Å². The molecule has 4 heteroatoms. The van der Waals surface area contributed by atoms with Gasteiger partial charge in [-0.1, -0.05) is 64.0 Å². The fraction of sp³-hybridized carbons (Fsp3) is 0.923. The Balaban J connectivity index is 3.59. The van der Waals surface area contributed by atoms with Crippen LogP contribution in [-0.2, 0) is 4.74 Å². The summed E-state index contributed by atoms with van der Waals surface area (Å²) >= 11 is 6.08. The Morgan fingerprint density at radius 1 is 1.12 bits per heavy atom. The van der Waals surface area contributed by atoms with Crippen LogP contribution in [0, 0.1) is 0 Å². The summed E-state index contributed by atoms with van der Waals surface area (Å²) in [6, 6.07) is 0. The van der Waals surface area contributed by atoms with E-state index in [1.807, 2.05) is 6.92 Å². The van der Waals surface area contributed by atoms with Crippen molar-refractivity contribution in [2.75, 3.05) is 0 Å². The first kappa shape index (κ1) is 16.6. The molecule has 0 radical (unpaired) electrons. The van der Waals surface area contributed by atoms with Gasteiger partial charge >= 0.3 is 6.16 Å². The van der Waals surface area contributed by atoms with Gasteiger partial charge in [-0.3, -0.25) is 0 Å². The number of alkyl halides is 1. The van der Waals surface area contributed by atoms with Gasteiger partial charge in [0, 0.05) is 6.42 Å². The third kappa shape index (κ3) is 9.28. The molecular weight excluding hydrogens is 240 g/mol. The molecule has 0 fully saturated rings. The zero-order valence-electron chi connectivity index (χ0n) is 11.0. The van der Waals surface area contributed by atoms with Gasteiger partial charge in [0.15, 0.2) is 5.06 Å². The van der Waals surface area contributed by atoms with E-state index in [-0.39, 0.29) is 0 Å². The molecule has 3 nitrogen and oxygen atoms in total. The van der Waals surface area contributed by atoms with Crippen molar-refractivity contribution < 1.29 is 14.6 Å². The lowest BCUT2D eigenvalue weighted by atomic mass is 10.0. The van der Waals surface area contributed by atoms with Crippen molar-refractivity contribution in [3.8, 4) is 0 Å². The second-order valence-corrected chi connectivity index (χ2v) is 5.16. The first-order valence-electron chi connectivity index (χ1n) is 6.65. The predicted octanol–water partition coefficient (Wildman–Crippen LogP) is 5.17. The van der Waals surface area contributed by atoms with Gasteiger partial charge in [-0.2, -0.15) is 0 Å². The van der Waals surface area contributed by atoms with Crippen molar-refractivity contribution in [3.05, 3.63) is 0 Å². The molecular formula is C13H25ClO3. The van der Waals surface area contributed by atoms with Gasteiger partial charge in [0.25, 0.3) is 0 Å². The van der Waals surface area contributed by atoms with Gasteiger partial charge in [0.05, 0.1) is 0 Å². The third-order valence-electron chi connectivity index (χ3n) is 2.95. The molecule has 0 aromatic rings. The van der Waals surface area contributed by atoms with E-state index in [9.17, 15) is 4.79 Å². The zero-order valence-corrected chi connectivity index (χ0v) is 11.8. The molecule has 0 aliphatic carbocycles. The van der Waals surface area contributed by atoms with E-state index < -0.39 is 11.2 Å². The maximum absolute atomic E-state index is 10.5. The molecule has 1 unspecified atom stereocenters. The second kappa shape index (κ2) is 9.58. The molecule has 0 saturated carbocycles. The number of carboxylic acid groups (broad SMARTS) is 1. The van der Waals surface area contributed by atoms with Crippen molar-refractivity contribution in [3.63, 3.8) is 0 Å². The summed E-state index contributed by atoms with van der Waals surface area (Å²) in [5.41, 5.74) is 0. The molecule has 1 N–H and O–H groups in total. The SMILES string of the molecule is CCCCCCCCCC(Cl)(CC)OC(=O)O. The Morgan fingerprint density at radius 3 is 2.12 bits per heavy atom. The van der Waals surface area contributed by atoms with Crippen LogP contribution < -0.4 is 0 Å². The molecule has 0 aliphatic rings. The van der Waals surface area contributed by atoms with Crippen molar-refractivity contribution in [1.82, 2.24) is 0 Å². The number of ether oxygens (including phenoxy) is 1. The Hall–Kier alpha value is -0.440. The molecule has 0 spiro atoms. The summed E-state index contributed by atoms with van der Waals surface area (Å²) in [5.74, 6) is 0. The fourth-order valence-corrected chi connectivity index (χ4v) is 2.00. The van der Waals surface area contributed by atoms with E-state index in [2.05, 4.69) is 6.92 Å². The van der Waals surface area contributed by atoms with E-state index in [1.165, 1.54) is 32.1 Å². The highest BCUT2D eigenvalue weighted by Gasteiger charge is 2.28. The molecule has 0 heterocycles. The summed E-state index contributed by atoms with van der Waals surface area (Å²) < 4.78 is 4.71. The minimum absolute atomic E-state index is 0.511. The molecule has 0 aromatic heterocycles. The molecule has 0 amide bonds. The lowest BCUT2D eigenvalue weighted by molar-refractivity contribution is 0.0226. The highest BCUT2D eigenvalue weighted by molar-refractivity contribution is 6.23. The average Bonchev–Trinajstić information content (AvgIpc) is 2.27. The number of carbonyl (C=O) groups is 1. The minimum Gasteiger partial charge on any atom is -0.450 e. The van der Waals surface area contributed by atoms with Crippen molar-refractivity contribution >= 4 is 17.8 Å². The Labute approximate surface area is 109 Å². The Morgan fingerprint density at radius 2 is 1.65 bits per heavy atom. The van der Waals surface area contributed by atoms with Gasteiger partial charge in [0.1, 0.15) is 0 Å². The third-order valence-corrected chi connectivity index (χ3v) is 3.49. The van der Waals surface area contributed by atoms with E-state index in [0.29, 0.717) is 12.8 Å². The van der Waals surface area contributed by atoms with Crippen LogP contribution >= 0.6 is 11.6 Å². The van der Waals surface area contributed by atoms with Gasteiger partial charge in [0.2, 0.25) is 0 Å². The first-order valence-corrected chi connectivity index (χ1v) is 7.02. The topological polar surface area (TPSA) is 46.5 Å². The highest BCUT2D eigenvalue weighted by Crippen LogP contribution is 2.28. The van der Waals surface area contributed by atoms with Gasteiger partial charge < -0.3 is 9.84 Å². The number of halogens is 1. The Bertz CT molecular complexity index is 209. The van der Waals surface area contributed by atoms with Crippen LogP contribution in [0.15, 0.2) is 0 Å². The predicted molar refractivity (Wildman–Crippen MR) is 70.6 cm³/mol. The summed E-state index contributed by atoms with van der Waals surface area (Å²) in [4.78, 5) is 10.5. The molecule has 0 saturated heterocycles. The Kier molecular flexibility index (Phi) is 9.33. The molecule has 0 aromatic carbocycles. The molecule has 1 atom stereocenters. The second-order valence-electron chi connectivity index (χ2n) is 4.48. The van der Waals surface area contributed by atoms with Crippen LogP contribution in [0.25, 0.3) is 0 Å². The summed E-state index contributed by atoms with van der Waals surface area (Å²) in [6.07, 6.45) is 8.16. The highest BCUT2D eigenvalue weighted by atomic mass is 35.5. The summed E-state index contributed by atoms with van der Waals surface area (Å²) in [5, 5.41) is 7.55. The van der Waals surface area contributed by atoms with Crippen LogP contribution in [0.4, 0.5) is 4.79 Å². The van der Waals surface area contributed by atoms with E-state index in [0.717, 1.165) is 12.8 Å². The quantitative estimate of drug-likeness (QED) is 0.336. The summed E-state index contributed by atoms with van der Waals surface area (Å²) in [7, 11) is 0. The largest absolute Gasteiger partial charge is 0.507 e. The van der Waals surface area contributed by atoms with Gasteiger partial charge in [-0.05, 0) is 12.8 Å². The van der Waals surface area contributed by atoms with Crippen LogP contribution in [0.2, 0.25) is 0 Å². The summed E-state index contributed by atoms with van der Waals surface area (Å²) in [6.45, 7) is 4.05. The minimum atomic E-state index is -1.29. The van der Waals surface area contributed by atoms with Gasteiger partial charge in [-0.25, -0.2) is 4.79 Å². The standard InChI is InChI=1S/C13H25ClO3/c1-3-5-6-7-8-9-10-11-13(14,4-2)17-12(15)16/h3-11H2,1-2H3,(H,15,16). The smallest absolute Gasteiger partial charge is 0.450 e. The maximum atomic E-state index is 10.5. The average molecular weight is 265 g/mol. The number of hydrogen-bond acceptors (Lipinski definition) is 2. The molecule has 0 rings (SSSR count). The number of unbranched alkanes of at least 4 members (excludes halogenated alkanes) is 6. The lowest BCUT2D eigenvalue weighted by Crippen LogP contribution is -2.27. The van der Waals surface area contributed by atoms with Crippen LogP contribution in [0.5, 0.6) is 0 Å². The van der Waals surface area contributed by atoms with Crippen molar-refractivity contribution in [1.29, 1.82) is 0 Å². The monoisotopic (exact) mass is 264 g/mol. The van der Waals surface area contributed by atoms with Crippen molar-refractivity contribution in [2.45, 2.75) is 76.7 Å². The molecule has 102 valence electrons. The van der Waals surface area contributed by atoms with E-state index in [4.69, 9.17) is 21.4 Å². The van der Waals surface area contributed by atoms with Crippen molar-refractivity contribution in [2.24, 2.45) is 0 Å². The zero-order chi connectivity index (χ0) is 13.1. The van der Waals surface area contributed by atoms with Crippen LogP contribution in [0.1, 0.15) is 71.6 Å². The number of hydrogen-bond donors (Lipinski definition) is 1. The van der Waals surface area contributed by atoms with E-state index >= 15 is 0 Å². The first-order chi connectivity index (χ1) is 8.04. The molecule has 0 bridgehead atoms. The molecule has 17 heavy (non-hydrogen) atoms. The van der Waals surface area contributed by atoms with Crippen LogP contribution in [0.3, 0.4) is 0 Å². The lowest BCUT2D eigenvalue weighted by Gasteiger charge is -2.23. The normalized spacial score (nSPS) is 14.3. The fourth-order valence-electron chi connectivity index (χ4n) is 1.80. The van der Waals surface area contributed by atoms with E-state index in [1.54, 1.807) is 0 Å². The molecule has 0 aliphatic heterocycles. The maximum Gasteiger partial charge on any atom is 0.507 e.